The van der Waals surface area contributed by atoms with Gasteiger partial charge in [0.15, 0.2) is 0 Å². The van der Waals surface area contributed by atoms with Crippen LogP contribution in [0.2, 0.25) is 0 Å². The van der Waals surface area contributed by atoms with Crippen molar-refractivity contribution >= 4 is 12.0 Å². The second kappa shape index (κ2) is 10.8. The molecule has 0 unspecified atom stereocenters. The van der Waals surface area contributed by atoms with Gasteiger partial charge in [0, 0.05) is 46.2 Å². The van der Waals surface area contributed by atoms with Gasteiger partial charge in [-0.05, 0) is 6.92 Å². The minimum atomic E-state index is -0.186. The lowest BCUT2D eigenvalue weighted by Crippen LogP contribution is -2.46. The topological polar surface area (TPSA) is 96.7 Å². The van der Waals surface area contributed by atoms with E-state index in [2.05, 4.69) is 10.6 Å². The van der Waals surface area contributed by atoms with Crippen molar-refractivity contribution in [3.8, 4) is 0 Å². The molecule has 7 heteroatoms. The number of piperazine rings is 1. The summed E-state index contributed by atoms with van der Waals surface area (Å²) in [6.45, 7) is 8.11. The van der Waals surface area contributed by atoms with E-state index >= 15 is 0 Å². The van der Waals surface area contributed by atoms with E-state index in [-0.39, 0.29) is 12.0 Å². The van der Waals surface area contributed by atoms with E-state index < -0.39 is 0 Å². The van der Waals surface area contributed by atoms with Crippen LogP contribution in [-0.2, 0) is 9.53 Å². The number of nitrogens with zero attached hydrogens (tertiary/aromatic N) is 1. The van der Waals surface area contributed by atoms with Crippen molar-refractivity contribution in [3.05, 3.63) is 0 Å². The Morgan fingerprint density at radius 2 is 2.00 bits per heavy atom. The quantitative estimate of drug-likeness (QED) is 0.613. The summed E-state index contributed by atoms with van der Waals surface area (Å²) >= 11 is 0. The summed E-state index contributed by atoms with van der Waals surface area (Å²) < 4.78 is 4.84. The molecule has 0 aliphatic carbocycles. The van der Waals surface area contributed by atoms with E-state index in [0.29, 0.717) is 19.7 Å². The fourth-order valence-electron chi connectivity index (χ4n) is 1.31. The van der Waals surface area contributed by atoms with E-state index in [1.165, 1.54) is 6.92 Å². The number of ether oxygens (including phenoxy) is 1. The van der Waals surface area contributed by atoms with Crippen molar-refractivity contribution in [1.82, 2.24) is 15.5 Å². The summed E-state index contributed by atoms with van der Waals surface area (Å²) in [6.07, 6.45) is -0.186. The molecule has 0 atom stereocenters. The SMILES string of the molecule is CC(=O)NCCN.CCOC(=O)N1CCNCC1. The van der Waals surface area contributed by atoms with E-state index in [0.717, 1.165) is 26.2 Å². The first-order valence-corrected chi connectivity index (χ1v) is 6.18. The number of rotatable bonds is 3. The number of carbonyl (C=O) groups excluding carboxylic acids is 2. The maximum Gasteiger partial charge on any atom is 0.409 e. The van der Waals surface area contributed by atoms with Crippen LogP contribution >= 0.6 is 0 Å². The van der Waals surface area contributed by atoms with E-state index in [9.17, 15) is 9.59 Å². The molecule has 18 heavy (non-hydrogen) atoms. The molecule has 1 heterocycles. The predicted octanol–water partition coefficient (Wildman–Crippen LogP) is -0.871. The Bertz CT molecular complexity index is 242. The maximum absolute atomic E-state index is 11.1. The summed E-state index contributed by atoms with van der Waals surface area (Å²) in [5.41, 5.74) is 5.06. The van der Waals surface area contributed by atoms with Crippen LogP contribution in [0.4, 0.5) is 4.79 Å². The van der Waals surface area contributed by atoms with Crippen LogP contribution in [0.3, 0.4) is 0 Å². The zero-order valence-corrected chi connectivity index (χ0v) is 11.2. The molecule has 1 rings (SSSR count). The smallest absolute Gasteiger partial charge is 0.409 e. The van der Waals surface area contributed by atoms with Crippen LogP contribution < -0.4 is 16.4 Å². The van der Waals surface area contributed by atoms with Crippen molar-refractivity contribution in [1.29, 1.82) is 0 Å². The standard InChI is InChI=1S/C7H14N2O2.C4H10N2O/c1-2-11-7(10)9-5-3-8-4-6-9;1-4(7)6-3-2-5/h8H,2-6H2,1H3;2-3,5H2,1H3,(H,6,7). The van der Waals surface area contributed by atoms with Crippen molar-refractivity contribution in [2.24, 2.45) is 5.73 Å². The molecule has 0 aromatic carbocycles. The van der Waals surface area contributed by atoms with Crippen LogP contribution in [0.5, 0.6) is 0 Å². The van der Waals surface area contributed by atoms with Gasteiger partial charge in [0.05, 0.1) is 6.61 Å². The Kier molecular flexibility index (Phi) is 9.99. The largest absolute Gasteiger partial charge is 0.450 e. The Labute approximate surface area is 108 Å². The molecular weight excluding hydrogens is 236 g/mol. The number of hydrogen-bond acceptors (Lipinski definition) is 5. The first-order valence-electron chi connectivity index (χ1n) is 6.18. The van der Waals surface area contributed by atoms with Crippen LogP contribution in [0.1, 0.15) is 13.8 Å². The molecule has 0 radical (unpaired) electrons. The van der Waals surface area contributed by atoms with E-state index in [1.54, 1.807) is 4.90 Å². The van der Waals surface area contributed by atoms with Crippen molar-refractivity contribution < 1.29 is 14.3 Å². The third-order valence-electron chi connectivity index (χ3n) is 2.16. The van der Waals surface area contributed by atoms with Gasteiger partial charge in [0.2, 0.25) is 5.91 Å². The predicted molar refractivity (Wildman–Crippen MR) is 69.2 cm³/mol. The van der Waals surface area contributed by atoms with Gasteiger partial charge in [-0.1, -0.05) is 0 Å². The van der Waals surface area contributed by atoms with Crippen LogP contribution in [0, 0.1) is 0 Å². The average Bonchev–Trinajstić information content (AvgIpc) is 2.38. The van der Waals surface area contributed by atoms with Gasteiger partial charge in [0.25, 0.3) is 0 Å². The van der Waals surface area contributed by atoms with E-state index in [4.69, 9.17) is 10.5 Å². The molecule has 4 N–H and O–H groups in total. The molecule has 1 fully saturated rings. The van der Waals surface area contributed by atoms with Gasteiger partial charge in [-0.15, -0.1) is 0 Å². The normalized spacial score (nSPS) is 14.3. The molecule has 0 saturated carbocycles. The highest BCUT2D eigenvalue weighted by Crippen LogP contribution is 1.95. The monoisotopic (exact) mass is 260 g/mol. The highest BCUT2D eigenvalue weighted by Gasteiger charge is 2.15. The van der Waals surface area contributed by atoms with Gasteiger partial charge in [-0.2, -0.15) is 0 Å². The minimum absolute atomic E-state index is 0.0227. The molecule has 0 aromatic heterocycles. The maximum atomic E-state index is 11.1. The summed E-state index contributed by atoms with van der Waals surface area (Å²) in [5.74, 6) is -0.0227. The summed E-state index contributed by atoms with van der Waals surface area (Å²) in [7, 11) is 0. The molecule has 2 amide bonds. The Morgan fingerprint density at radius 1 is 1.39 bits per heavy atom. The average molecular weight is 260 g/mol. The molecule has 0 spiro atoms. The lowest BCUT2D eigenvalue weighted by atomic mass is 10.4. The number of carbonyl (C=O) groups is 2. The van der Waals surface area contributed by atoms with Gasteiger partial charge in [0.1, 0.15) is 0 Å². The molecule has 1 saturated heterocycles. The summed E-state index contributed by atoms with van der Waals surface area (Å²) in [5, 5.41) is 5.69. The highest BCUT2D eigenvalue weighted by molar-refractivity contribution is 5.72. The summed E-state index contributed by atoms with van der Waals surface area (Å²) in [4.78, 5) is 22.8. The van der Waals surface area contributed by atoms with Crippen molar-refractivity contribution in [2.75, 3.05) is 45.9 Å². The first-order chi connectivity index (χ1) is 8.61. The molecule has 7 nitrogen and oxygen atoms in total. The molecule has 0 bridgehead atoms. The zero-order valence-electron chi connectivity index (χ0n) is 11.2. The highest BCUT2D eigenvalue weighted by atomic mass is 16.6. The fraction of sp³-hybridized carbons (Fsp3) is 0.818. The molecule has 1 aliphatic heterocycles. The Balaban J connectivity index is 0.000000360. The van der Waals surface area contributed by atoms with Gasteiger partial charge in [-0.3, -0.25) is 4.79 Å². The fourth-order valence-corrected chi connectivity index (χ4v) is 1.31. The molecule has 1 aliphatic rings. The summed E-state index contributed by atoms with van der Waals surface area (Å²) in [6, 6.07) is 0. The number of hydrogen-bond donors (Lipinski definition) is 3. The Morgan fingerprint density at radius 3 is 2.39 bits per heavy atom. The molecule has 0 aromatic rings. The Hall–Kier alpha value is -1.34. The molecular formula is C11H24N4O3. The lowest BCUT2D eigenvalue weighted by molar-refractivity contribution is -0.118. The van der Waals surface area contributed by atoms with Gasteiger partial charge >= 0.3 is 6.09 Å². The third-order valence-corrected chi connectivity index (χ3v) is 2.16. The second-order valence-corrected chi connectivity index (χ2v) is 3.71. The van der Waals surface area contributed by atoms with Gasteiger partial charge in [-0.25, -0.2) is 4.79 Å². The van der Waals surface area contributed by atoms with Crippen LogP contribution in [0.25, 0.3) is 0 Å². The first kappa shape index (κ1) is 16.7. The van der Waals surface area contributed by atoms with Crippen molar-refractivity contribution in [2.45, 2.75) is 13.8 Å². The van der Waals surface area contributed by atoms with E-state index in [1.807, 2.05) is 6.92 Å². The zero-order chi connectivity index (χ0) is 13.8. The number of nitrogens with one attached hydrogen (secondary N) is 2. The lowest BCUT2D eigenvalue weighted by Gasteiger charge is -2.26. The van der Waals surface area contributed by atoms with Crippen molar-refractivity contribution in [3.63, 3.8) is 0 Å². The second-order valence-electron chi connectivity index (χ2n) is 3.71. The molecule has 106 valence electrons. The van der Waals surface area contributed by atoms with Gasteiger partial charge < -0.3 is 26.0 Å². The third kappa shape index (κ3) is 8.77. The van der Waals surface area contributed by atoms with Crippen LogP contribution in [0.15, 0.2) is 0 Å². The number of amides is 2. The number of nitrogens with two attached hydrogens (primary N) is 1. The van der Waals surface area contributed by atoms with Crippen LogP contribution in [-0.4, -0.2) is 62.8 Å². The minimum Gasteiger partial charge on any atom is -0.450 e.